The van der Waals surface area contributed by atoms with Gasteiger partial charge in [0, 0.05) is 0 Å². The number of aliphatic hydroxyl groups excluding tert-OH is 1. The van der Waals surface area contributed by atoms with Crippen molar-refractivity contribution in [2.75, 3.05) is 7.11 Å². The van der Waals surface area contributed by atoms with E-state index in [2.05, 4.69) is 11.3 Å². The molecule has 0 aromatic heterocycles. The number of aliphatic hydroxyl groups is 1. The highest BCUT2D eigenvalue weighted by molar-refractivity contribution is 5.88. The lowest BCUT2D eigenvalue weighted by atomic mass is 10.0. The number of carbonyl (C=O) groups excluding carboxylic acids is 1. The molecule has 0 aliphatic carbocycles. The molecule has 98 valence electrons. The molecule has 0 radical (unpaired) electrons. The van der Waals surface area contributed by atoms with Crippen LogP contribution in [0, 0.1) is 0 Å². The van der Waals surface area contributed by atoms with Gasteiger partial charge in [0.2, 0.25) is 0 Å². The van der Waals surface area contributed by atoms with E-state index in [0.29, 0.717) is 0 Å². The van der Waals surface area contributed by atoms with Gasteiger partial charge in [-0.1, -0.05) is 18.7 Å². The summed E-state index contributed by atoms with van der Waals surface area (Å²) in [6.07, 6.45) is -5.83. The Bertz CT molecular complexity index is 449. The molecule has 1 atom stereocenters. The molecule has 0 bridgehead atoms. The average Bonchev–Trinajstić information content (AvgIpc) is 2.35. The van der Waals surface area contributed by atoms with Gasteiger partial charge in [-0.15, -0.1) is 0 Å². The summed E-state index contributed by atoms with van der Waals surface area (Å²) < 4.78 is 41.3. The largest absolute Gasteiger partial charge is 0.466 e. The Morgan fingerprint density at radius 2 is 1.83 bits per heavy atom. The van der Waals surface area contributed by atoms with Gasteiger partial charge in [0.1, 0.15) is 6.10 Å². The van der Waals surface area contributed by atoms with E-state index in [1.807, 2.05) is 0 Å². The molecule has 6 heteroatoms. The Morgan fingerprint density at radius 3 is 2.22 bits per heavy atom. The lowest BCUT2D eigenvalue weighted by Crippen LogP contribution is -2.12. The smallest absolute Gasteiger partial charge is 0.416 e. The molecular formula is C12H11F3O3. The minimum absolute atomic E-state index is 0.137. The Balaban J connectivity index is 2.92. The number of carbonyl (C=O) groups is 1. The highest BCUT2D eigenvalue weighted by Crippen LogP contribution is 2.30. The standard InChI is InChI=1S/C12H11F3O3/c1-7(11(17)18-2)10(16)8-3-5-9(6-4-8)12(13,14)15/h3-6,10,16H,1H2,2H3/t10-/m1/s1. The predicted octanol–water partition coefficient (Wildman–Crippen LogP) is 2.47. The summed E-state index contributed by atoms with van der Waals surface area (Å²) in [6.45, 7) is 3.33. The summed E-state index contributed by atoms with van der Waals surface area (Å²) in [5.41, 5.74) is -0.933. The lowest BCUT2D eigenvalue weighted by molar-refractivity contribution is -0.138. The number of benzene rings is 1. The average molecular weight is 260 g/mol. The van der Waals surface area contributed by atoms with Gasteiger partial charge in [-0.3, -0.25) is 0 Å². The lowest BCUT2D eigenvalue weighted by Gasteiger charge is -2.13. The summed E-state index contributed by atoms with van der Waals surface area (Å²) >= 11 is 0. The zero-order valence-electron chi connectivity index (χ0n) is 9.49. The van der Waals surface area contributed by atoms with Gasteiger partial charge in [0.05, 0.1) is 18.2 Å². The van der Waals surface area contributed by atoms with Crippen molar-refractivity contribution in [1.82, 2.24) is 0 Å². The van der Waals surface area contributed by atoms with Crippen molar-refractivity contribution >= 4 is 5.97 Å². The quantitative estimate of drug-likeness (QED) is 0.670. The van der Waals surface area contributed by atoms with Crippen molar-refractivity contribution in [1.29, 1.82) is 0 Å². The molecule has 1 rings (SSSR count). The number of hydrogen-bond acceptors (Lipinski definition) is 3. The zero-order valence-corrected chi connectivity index (χ0v) is 9.49. The van der Waals surface area contributed by atoms with Crippen molar-refractivity contribution in [3.05, 3.63) is 47.5 Å². The molecule has 0 saturated carbocycles. The minimum atomic E-state index is -4.44. The highest BCUT2D eigenvalue weighted by Gasteiger charge is 2.30. The monoisotopic (exact) mass is 260 g/mol. The number of hydrogen-bond donors (Lipinski definition) is 1. The zero-order chi connectivity index (χ0) is 13.9. The van der Waals surface area contributed by atoms with Gasteiger partial charge >= 0.3 is 12.1 Å². The third kappa shape index (κ3) is 3.10. The van der Waals surface area contributed by atoms with Gasteiger partial charge in [-0.2, -0.15) is 13.2 Å². The molecular weight excluding hydrogens is 249 g/mol. The van der Waals surface area contributed by atoms with Crippen molar-refractivity contribution in [3.63, 3.8) is 0 Å². The minimum Gasteiger partial charge on any atom is -0.466 e. The Kier molecular flexibility index (Phi) is 4.13. The third-order valence-electron chi connectivity index (χ3n) is 2.33. The van der Waals surface area contributed by atoms with E-state index in [1.165, 1.54) is 0 Å². The van der Waals surface area contributed by atoms with Crippen molar-refractivity contribution in [3.8, 4) is 0 Å². The van der Waals surface area contributed by atoms with Crippen LogP contribution in [0.4, 0.5) is 13.2 Å². The summed E-state index contributed by atoms with van der Waals surface area (Å²) in [4.78, 5) is 11.1. The Hall–Kier alpha value is -1.82. The van der Waals surface area contributed by atoms with Crippen LogP contribution in [0.15, 0.2) is 36.4 Å². The number of methoxy groups -OCH3 is 1. The molecule has 0 heterocycles. The molecule has 1 aromatic carbocycles. The first kappa shape index (κ1) is 14.2. The third-order valence-corrected chi connectivity index (χ3v) is 2.33. The fourth-order valence-electron chi connectivity index (χ4n) is 1.30. The first-order valence-electron chi connectivity index (χ1n) is 4.89. The van der Waals surface area contributed by atoms with Gasteiger partial charge in [-0.25, -0.2) is 4.79 Å². The molecule has 0 saturated heterocycles. The summed E-state index contributed by atoms with van der Waals surface area (Å²) in [6, 6.07) is 3.81. The van der Waals surface area contributed by atoms with E-state index in [4.69, 9.17) is 0 Å². The summed E-state index contributed by atoms with van der Waals surface area (Å²) in [5, 5.41) is 9.70. The van der Waals surface area contributed by atoms with E-state index in [-0.39, 0.29) is 11.1 Å². The topological polar surface area (TPSA) is 46.5 Å². The van der Waals surface area contributed by atoms with Crippen LogP contribution < -0.4 is 0 Å². The number of ether oxygens (including phenoxy) is 1. The maximum atomic E-state index is 12.3. The maximum absolute atomic E-state index is 12.3. The first-order valence-corrected chi connectivity index (χ1v) is 4.89. The van der Waals surface area contributed by atoms with Crippen LogP contribution in [0.25, 0.3) is 0 Å². The van der Waals surface area contributed by atoms with Gasteiger partial charge in [-0.05, 0) is 17.7 Å². The summed E-state index contributed by atoms with van der Waals surface area (Å²) in [7, 11) is 1.12. The van der Waals surface area contributed by atoms with Gasteiger partial charge in [0.15, 0.2) is 0 Å². The van der Waals surface area contributed by atoms with E-state index >= 15 is 0 Å². The molecule has 1 aromatic rings. The summed E-state index contributed by atoms with van der Waals surface area (Å²) in [5.74, 6) is -0.817. The first-order chi connectivity index (χ1) is 8.27. The van der Waals surface area contributed by atoms with Crippen LogP contribution in [0.3, 0.4) is 0 Å². The van der Waals surface area contributed by atoms with Crippen LogP contribution in [-0.4, -0.2) is 18.2 Å². The predicted molar refractivity (Wildman–Crippen MR) is 57.6 cm³/mol. The van der Waals surface area contributed by atoms with Crippen molar-refractivity contribution < 1.29 is 27.8 Å². The van der Waals surface area contributed by atoms with Gasteiger partial charge in [0.25, 0.3) is 0 Å². The van der Waals surface area contributed by atoms with E-state index in [1.54, 1.807) is 0 Å². The highest BCUT2D eigenvalue weighted by atomic mass is 19.4. The fourth-order valence-corrected chi connectivity index (χ4v) is 1.30. The van der Waals surface area contributed by atoms with Crippen LogP contribution in [0.5, 0.6) is 0 Å². The Morgan fingerprint density at radius 1 is 1.33 bits per heavy atom. The molecule has 1 N–H and O–H groups in total. The van der Waals surface area contributed by atoms with Crippen LogP contribution in [0.2, 0.25) is 0 Å². The van der Waals surface area contributed by atoms with Crippen LogP contribution in [0.1, 0.15) is 17.2 Å². The van der Waals surface area contributed by atoms with Gasteiger partial charge < -0.3 is 9.84 Å². The van der Waals surface area contributed by atoms with E-state index in [9.17, 15) is 23.1 Å². The number of esters is 1. The molecule has 0 aliphatic heterocycles. The number of halogens is 3. The molecule has 0 fully saturated rings. The van der Waals surface area contributed by atoms with Crippen LogP contribution in [-0.2, 0) is 15.7 Å². The molecule has 0 amide bonds. The van der Waals surface area contributed by atoms with E-state index in [0.717, 1.165) is 31.4 Å². The number of rotatable bonds is 3. The SMILES string of the molecule is C=C(C(=O)OC)[C@@H](O)c1ccc(C(F)(F)F)cc1. The van der Waals surface area contributed by atoms with Crippen molar-refractivity contribution in [2.45, 2.75) is 12.3 Å². The molecule has 0 aliphatic rings. The molecule has 0 spiro atoms. The van der Waals surface area contributed by atoms with Crippen molar-refractivity contribution in [2.24, 2.45) is 0 Å². The molecule has 0 unspecified atom stereocenters. The second-order valence-corrected chi connectivity index (χ2v) is 3.54. The maximum Gasteiger partial charge on any atom is 0.416 e. The Labute approximate surface area is 101 Å². The van der Waals surface area contributed by atoms with E-state index < -0.39 is 23.8 Å². The second-order valence-electron chi connectivity index (χ2n) is 3.54. The normalized spacial score (nSPS) is 12.9. The van der Waals surface area contributed by atoms with Crippen LogP contribution >= 0.6 is 0 Å². The molecule has 3 nitrogen and oxygen atoms in total. The fraction of sp³-hybridized carbons (Fsp3) is 0.250. The molecule has 18 heavy (non-hydrogen) atoms. The number of alkyl halides is 3. The second kappa shape index (κ2) is 5.22.